The number of rotatable bonds is 3. The van der Waals surface area contributed by atoms with E-state index >= 15 is 0 Å². The van der Waals surface area contributed by atoms with Gasteiger partial charge in [-0.05, 0) is 36.7 Å². The Bertz CT molecular complexity index is 1210. The van der Waals surface area contributed by atoms with Gasteiger partial charge < -0.3 is 15.2 Å². The average molecular weight is 445 g/mol. The zero-order chi connectivity index (χ0) is 20.0. The van der Waals surface area contributed by atoms with E-state index in [1.54, 1.807) is 0 Å². The summed E-state index contributed by atoms with van der Waals surface area (Å²) in [6.07, 6.45) is 1.74. The molecule has 1 aliphatic heterocycles. The molecule has 5 rings (SSSR count). The molecule has 148 valence electrons. The Kier molecular flexibility index (Phi) is 4.95. The van der Waals surface area contributed by atoms with Gasteiger partial charge >= 0.3 is 0 Å². The van der Waals surface area contributed by atoms with E-state index in [-0.39, 0.29) is 12.5 Å². The number of fused-ring (bicyclic) bond motifs is 4. The van der Waals surface area contributed by atoms with Crippen molar-refractivity contribution >= 4 is 66.7 Å². The molecule has 0 saturated heterocycles. The fraction of sp³-hybridized carbons (Fsp3) is 0.238. The van der Waals surface area contributed by atoms with Gasteiger partial charge in [-0.25, -0.2) is 4.98 Å². The third-order valence-corrected chi connectivity index (χ3v) is 7.02. The number of hydrogen-bond donors (Lipinski definition) is 2. The lowest BCUT2D eigenvalue weighted by molar-refractivity contribution is -0.116. The number of amides is 1. The van der Waals surface area contributed by atoms with Gasteiger partial charge in [0, 0.05) is 24.0 Å². The summed E-state index contributed by atoms with van der Waals surface area (Å²) in [4.78, 5) is 17.4. The van der Waals surface area contributed by atoms with Crippen molar-refractivity contribution in [3.63, 3.8) is 0 Å². The van der Waals surface area contributed by atoms with Crippen molar-refractivity contribution in [3.05, 3.63) is 57.7 Å². The molecular formula is C21H18Cl2N4OS. The molecule has 1 amide bonds. The van der Waals surface area contributed by atoms with Crippen molar-refractivity contribution in [1.29, 1.82) is 0 Å². The SMILES string of the molecule is O=C(Cn1c2c(c3ccc(Cl)c(Cl)c31)CCNCC2)Nc1nc2ccccc2s1. The van der Waals surface area contributed by atoms with Crippen molar-refractivity contribution in [2.75, 3.05) is 18.4 Å². The summed E-state index contributed by atoms with van der Waals surface area (Å²) in [6.45, 7) is 1.94. The number of para-hydroxylation sites is 1. The summed E-state index contributed by atoms with van der Waals surface area (Å²) in [7, 11) is 0. The number of thiazole rings is 1. The number of nitrogens with one attached hydrogen (secondary N) is 2. The second-order valence-corrected chi connectivity index (χ2v) is 8.87. The van der Waals surface area contributed by atoms with E-state index < -0.39 is 0 Å². The second kappa shape index (κ2) is 7.61. The van der Waals surface area contributed by atoms with Gasteiger partial charge in [0.25, 0.3) is 0 Å². The van der Waals surface area contributed by atoms with Gasteiger partial charge in [-0.3, -0.25) is 4.79 Å². The third kappa shape index (κ3) is 3.40. The molecule has 0 radical (unpaired) electrons. The van der Waals surface area contributed by atoms with Gasteiger partial charge in [0.15, 0.2) is 5.13 Å². The van der Waals surface area contributed by atoms with Crippen molar-refractivity contribution in [3.8, 4) is 0 Å². The minimum absolute atomic E-state index is 0.128. The highest BCUT2D eigenvalue weighted by molar-refractivity contribution is 7.22. The number of hydrogen-bond acceptors (Lipinski definition) is 4. The van der Waals surface area contributed by atoms with Crippen molar-refractivity contribution in [2.45, 2.75) is 19.4 Å². The topological polar surface area (TPSA) is 59.0 Å². The smallest absolute Gasteiger partial charge is 0.246 e. The van der Waals surface area contributed by atoms with Gasteiger partial charge in [-0.2, -0.15) is 0 Å². The van der Waals surface area contributed by atoms with E-state index in [9.17, 15) is 4.79 Å². The molecule has 8 heteroatoms. The maximum absolute atomic E-state index is 12.9. The lowest BCUT2D eigenvalue weighted by Gasteiger charge is -2.11. The Morgan fingerprint density at radius 1 is 1.17 bits per heavy atom. The normalized spacial score (nSPS) is 14.1. The predicted molar refractivity (Wildman–Crippen MR) is 120 cm³/mol. The van der Waals surface area contributed by atoms with Gasteiger partial charge in [0.05, 0.1) is 25.8 Å². The maximum Gasteiger partial charge on any atom is 0.246 e. The summed E-state index contributed by atoms with van der Waals surface area (Å²) in [6, 6.07) is 11.7. The van der Waals surface area contributed by atoms with Crippen LogP contribution in [0.25, 0.3) is 21.1 Å². The van der Waals surface area contributed by atoms with Crippen LogP contribution in [0, 0.1) is 0 Å². The number of halogens is 2. The highest BCUT2D eigenvalue weighted by Crippen LogP contribution is 2.37. The number of nitrogens with zero attached hydrogens (tertiary/aromatic N) is 2. The molecular weight excluding hydrogens is 427 g/mol. The highest BCUT2D eigenvalue weighted by atomic mass is 35.5. The minimum atomic E-state index is -0.128. The van der Waals surface area contributed by atoms with Gasteiger partial charge in [0.1, 0.15) is 6.54 Å². The summed E-state index contributed by atoms with van der Waals surface area (Å²) < 4.78 is 3.07. The minimum Gasteiger partial charge on any atom is -0.334 e. The molecule has 0 bridgehead atoms. The highest BCUT2D eigenvalue weighted by Gasteiger charge is 2.23. The molecule has 2 aromatic heterocycles. The zero-order valence-electron chi connectivity index (χ0n) is 15.5. The standard InChI is InChI=1S/C21H18Cl2N4OS/c22-14-6-5-13-12-7-9-24-10-8-16(12)27(20(13)19(14)23)11-18(28)26-21-25-15-3-1-2-4-17(15)29-21/h1-6,24H,7-11H2,(H,25,26,28). The van der Waals surface area contributed by atoms with Crippen LogP contribution in [-0.4, -0.2) is 28.5 Å². The molecule has 5 nitrogen and oxygen atoms in total. The second-order valence-electron chi connectivity index (χ2n) is 7.05. The number of benzene rings is 2. The fourth-order valence-electron chi connectivity index (χ4n) is 4.01. The molecule has 0 aliphatic carbocycles. The lowest BCUT2D eigenvalue weighted by atomic mass is 10.1. The molecule has 3 heterocycles. The van der Waals surface area contributed by atoms with Crippen LogP contribution in [0.1, 0.15) is 11.3 Å². The monoisotopic (exact) mass is 444 g/mol. The third-order valence-electron chi connectivity index (χ3n) is 5.27. The number of carbonyl (C=O) groups excluding carboxylic acids is 1. The van der Waals surface area contributed by atoms with E-state index in [0.717, 1.165) is 52.7 Å². The molecule has 0 fully saturated rings. The van der Waals surface area contributed by atoms with Crippen LogP contribution in [0.3, 0.4) is 0 Å². The first-order chi connectivity index (χ1) is 14.1. The largest absolute Gasteiger partial charge is 0.334 e. The zero-order valence-corrected chi connectivity index (χ0v) is 17.8. The summed E-state index contributed by atoms with van der Waals surface area (Å²) in [5.41, 5.74) is 4.12. The van der Waals surface area contributed by atoms with E-state index in [2.05, 4.69) is 15.6 Å². The van der Waals surface area contributed by atoms with Crippen molar-refractivity contribution < 1.29 is 4.79 Å². The summed E-state index contributed by atoms with van der Waals surface area (Å²) in [5.74, 6) is -0.128. The molecule has 2 aromatic carbocycles. The molecule has 0 spiro atoms. The first-order valence-electron chi connectivity index (χ1n) is 9.46. The molecule has 29 heavy (non-hydrogen) atoms. The maximum atomic E-state index is 12.9. The molecule has 0 atom stereocenters. The molecule has 1 aliphatic rings. The molecule has 2 N–H and O–H groups in total. The number of anilines is 1. The summed E-state index contributed by atoms with van der Waals surface area (Å²) >= 11 is 14.3. The van der Waals surface area contributed by atoms with E-state index in [4.69, 9.17) is 23.2 Å². The molecule has 4 aromatic rings. The van der Waals surface area contributed by atoms with Crippen LogP contribution in [0.5, 0.6) is 0 Å². The van der Waals surface area contributed by atoms with Gasteiger partial charge in [-0.15, -0.1) is 0 Å². The lowest BCUT2D eigenvalue weighted by Crippen LogP contribution is -2.21. The van der Waals surface area contributed by atoms with Gasteiger partial charge in [0.2, 0.25) is 5.91 Å². The quantitative estimate of drug-likeness (QED) is 0.473. The van der Waals surface area contributed by atoms with E-state index in [0.29, 0.717) is 15.2 Å². The van der Waals surface area contributed by atoms with Crippen LogP contribution in [0.15, 0.2) is 36.4 Å². The average Bonchev–Trinajstić information content (AvgIpc) is 3.12. The fourth-order valence-corrected chi connectivity index (χ4v) is 5.31. The number of carbonyl (C=O) groups is 1. The van der Waals surface area contributed by atoms with E-state index in [1.165, 1.54) is 16.9 Å². The van der Waals surface area contributed by atoms with Gasteiger partial charge in [-0.1, -0.05) is 52.7 Å². The van der Waals surface area contributed by atoms with Crippen LogP contribution in [-0.2, 0) is 24.2 Å². The number of aromatic nitrogens is 2. The Hall–Kier alpha value is -2.12. The molecule has 0 unspecified atom stereocenters. The predicted octanol–water partition coefficient (Wildman–Crippen LogP) is 4.88. The first kappa shape index (κ1) is 18.9. The van der Waals surface area contributed by atoms with Crippen LogP contribution >= 0.6 is 34.5 Å². The Labute approximate surface area is 181 Å². The molecule has 0 saturated carbocycles. The Balaban J connectivity index is 1.52. The Morgan fingerprint density at radius 3 is 2.86 bits per heavy atom. The van der Waals surface area contributed by atoms with Crippen LogP contribution < -0.4 is 10.6 Å². The van der Waals surface area contributed by atoms with Crippen molar-refractivity contribution in [2.24, 2.45) is 0 Å². The van der Waals surface area contributed by atoms with Crippen LogP contribution in [0.2, 0.25) is 10.0 Å². The van der Waals surface area contributed by atoms with Crippen molar-refractivity contribution in [1.82, 2.24) is 14.9 Å². The van der Waals surface area contributed by atoms with Crippen LogP contribution in [0.4, 0.5) is 5.13 Å². The van der Waals surface area contributed by atoms with E-state index in [1.807, 2.05) is 41.0 Å². The summed E-state index contributed by atoms with van der Waals surface area (Å²) in [5, 5.41) is 9.04. The first-order valence-corrected chi connectivity index (χ1v) is 11.0. The Morgan fingerprint density at radius 2 is 2.00 bits per heavy atom.